The van der Waals surface area contributed by atoms with Crippen LogP contribution in [0.2, 0.25) is 0 Å². The minimum absolute atomic E-state index is 0.161. The van der Waals surface area contributed by atoms with Crippen molar-refractivity contribution in [3.8, 4) is 0 Å². The molecular weight excluding hydrogens is 260 g/mol. The van der Waals surface area contributed by atoms with Gasteiger partial charge in [0.2, 0.25) is 0 Å². The predicted octanol–water partition coefficient (Wildman–Crippen LogP) is 0.923. The van der Waals surface area contributed by atoms with Gasteiger partial charge in [0.1, 0.15) is 9.84 Å². The van der Waals surface area contributed by atoms with Crippen LogP contribution in [-0.2, 0) is 16.3 Å². The van der Waals surface area contributed by atoms with E-state index >= 15 is 0 Å². The SMILES string of the molecule is CN(CCS(C)(=O)=O)C(C)(CN)Cc1ccccc1. The molecule has 0 aromatic heterocycles. The molecular formula is C14H24N2O2S. The Kier molecular flexibility index (Phi) is 5.52. The zero-order valence-electron chi connectivity index (χ0n) is 12.0. The molecule has 0 radical (unpaired) electrons. The second-order valence-corrected chi connectivity index (χ2v) is 7.67. The summed E-state index contributed by atoms with van der Waals surface area (Å²) >= 11 is 0. The summed E-state index contributed by atoms with van der Waals surface area (Å²) in [5, 5.41) is 0. The fourth-order valence-electron chi connectivity index (χ4n) is 1.97. The van der Waals surface area contributed by atoms with E-state index in [4.69, 9.17) is 5.73 Å². The molecule has 0 spiro atoms. The van der Waals surface area contributed by atoms with Crippen LogP contribution in [0.1, 0.15) is 12.5 Å². The maximum atomic E-state index is 11.3. The number of rotatable bonds is 7. The van der Waals surface area contributed by atoms with Gasteiger partial charge in [-0.25, -0.2) is 8.42 Å². The van der Waals surface area contributed by atoms with Crippen LogP contribution in [0.5, 0.6) is 0 Å². The summed E-state index contributed by atoms with van der Waals surface area (Å²) in [6.07, 6.45) is 2.07. The standard InChI is InChI=1S/C14H24N2O2S/c1-14(12-15,11-13-7-5-4-6-8-13)16(2)9-10-19(3,17)18/h4-8H,9-12,15H2,1-3H3. The highest BCUT2D eigenvalue weighted by Crippen LogP contribution is 2.18. The molecule has 5 heteroatoms. The number of likely N-dealkylation sites (N-methyl/N-ethyl adjacent to an activating group) is 1. The predicted molar refractivity (Wildman–Crippen MR) is 79.9 cm³/mol. The van der Waals surface area contributed by atoms with Gasteiger partial charge in [-0.2, -0.15) is 0 Å². The Bertz CT molecular complexity index is 487. The maximum absolute atomic E-state index is 11.3. The Labute approximate surface area is 116 Å². The Morgan fingerprint density at radius 3 is 2.32 bits per heavy atom. The van der Waals surface area contributed by atoms with E-state index in [1.165, 1.54) is 11.8 Å². The smallest absolute Gasteiger partial charge is 0.148 e. The zero-order valence-corrected chi connectivity index (χ0v) is 12.8. The fraction of sp³-hybridized carbons (Fsp3) is 0.571. The van der Waals surface area contributed by atoms with Gasteiger partial charge in [-0.15, -0.1) is 0 Å². The summed E-state index contributed by atoms with van der Waals surface area (Å²) in [6.45, 7) is 3.06. The minimum atomic E-state index is -2.94. The number of nitrogens with two attached hydrogens (primary N) is 1. The number of hydrogen-bond donors (Lipinski definition) is 1. The summed E-state index contributed by atoms with van der Waals surface area (Å²) < 4.78 is 22.5. The Morgan fingerprint density at radius 1 is 1.26 bits per heavy atom. The molecule has 0 aliphatic heterocycles. The largest absolute Gasteiger partial charge is 0.329 e. The average Bonchev–Trinajstić information content (AvgIpc) is 2.36. The third-order valence-electron chi connectivity index (χ3n) is 3.59. The third kappa shape index (κ3) is 5.30. The number of nitrogens with zero attached hydrogens (tertiary/aromatic N) is 1. The van der Waals surface area contributed by atoms with Gasteiger partial charge in [0, 0.05) is 24.9 Å². The van der Waals surface area contributed by atoms with E-state index in [0.29, 0.717) is 13.1 Å². The molecule has 1 aromatic carbocycles. The minimum Gasteiger partial charge on any atom is -0.329 e. The van der Waals surface area contributed by atoms with Crippen molar-refractivity contribution in [1.82, 2.24) is 4.90 Å². The van der Waals surface area contributed by atoms with Crippen molar-refractivity contribution < 1.29 is 8.42 Å². The lowest BCUT2D eigenvalue weighted by Crippen LogP contribution is -2.52. The van der Waals surface area contributed by atoms with Gasteiger partial charge in [-0.05, 0) is 26.0 Å². The van der Waals surface area contributed by atoms with Crippen molar-refractivity contribution in [3.05, 3.63) is 35.9 Å². The van der Waals surface area contributed by atoms with Crippen LogP contribution in [0.4, 0.5) is 0 Å². The van der Waals surface area contributed by atoms with Crippen molar-refractivity contribution in [1.29, 1.82) is 0 Å². The van der Waals surface area contributed by atoms with E-state index in [2.05, 4.69) is 19.1 Å². The lowest BCUT2D eigenvalue weighted by atomic mass is 9.91. The molecule has 1 rings (SSSR count). The van der Waals surface area contributed by atoms with Gasteiger partial charge in [-0.3, -0.25) is 4.90 Å². The molecule has 0 fully saturated rings. The van der Waals surface area contributed by atoms with Gasteiger partial charge in [0.15, 0.2) is 0 Å². The van der Waals surface area contributed by atoms with Crippen molar-refractivity contribution in [3.63, 3.8) is 0 Å². The molecule has 0 aliphatic carbocycles. The molecule has 0 bridgehead atoms. The molecule has 0 saturated carbocycles. The highest BCUT2D eigenvalue weighted by atomic mass is 32.2. The fourth-order valence-corrected chi connectivity index (χ4v) is 2.58. The van der Waals surface area contributed by atoms with E-state index < -0.39 is 9.84 Å². The van der Waals surface area contributed by atoms with Crippen molar-refractivity contribution in [2.75, 3.05) is 32.1 Å². The van der Waals surface area contributed by atoms with Gasteiger partial charge < -0.3 is 5.73 Å². The molecule has 1 atom stereocenters. The first-order valence-electron chi connectivity index (χ1n) is 6.40. The van der Waals surface area contributed by atoms with E-state index in [0.717, 1.165) is 6.42 Å². The second-order valence-electron chi connectivity index (χ2n) is 5.41. The van der Waals surface area contributed by atoms with Crippen LogP contribution in [-0.4, -0.2) is 51.0 Å². The first kappa shape index (κ1) is 16.1. The van der Waals surface area contributed by atoms with Gasteiger partial charge in [0.05, 0.1) is 5.75 Å². The zero-order chi connectivity index (χ0) is 14.5. The quantitative estimate of drug-likeness (QED) is 0.809. The summed E-state index contributed by atoms with van der Waals surface area (Å²) in [5.74, 6) is 0.161. The molecule has 19 heavy (non-hydrogen) atoms. The number of hydrogen-bond acceptors (Lipinski definition) is 4. The summed E-state index contributed by atoms with van der Waals surface area (Å²) in [5.41, 5.74) is 6.88. The van der Waals surface area contributed by atoms with Crippen molar-refractivity contribution >= 4 is 9.84 Å². The van der Waals surface area contributed by atoms with Gasteiger partial charge in [-0.1, -0.05) is 30.3 Å². The van der Waals surface area contributed by atoms with Crippen molar-refractivity contribution in [2.24, 2.45) is 5.73 Å². The Morgan fingerprint density at radius 2 is 1.84 bits per heavy atom. The van der Waals surface area contributed by atoms with Crippen LogP contribution in [0.25, 0.3) is 0 Å². The Hall–Kier alpha value is -0.910. The normalized spacial score (nSPS) is 15.4. The van der Waals surface area contributed by atoms with E-state index in [-0.39, 0.29) is 11.3 Å². The molecule has 108 valence electrons. The Balaban J connectivity index is 2.73. The molecule has 1 aromatic rings. The molecule has 1 unspecified atom stereocenters. The molecule has 0 aliphatic rings. The van der Waals surface area contributed by atoms with Crippen LogP contribution in [0.3, 0.4) is 0 Å². The summed E-state index contributed by atoms with van der Waals surface area (Å²) in [6, 6.07) is 10.1. The third-order valence-corrected chi connectivity index (χ3v) is 4.51. The lowest BCUT2D eigenvalue weighted by molar-refractivity contribution is 0.153. The summed E-state index contributed by atoms with van der Waals surface area (Å²) in [4.78, 5) is 2.04. The molecule has 4 nitrogen and oxygen atoms in total. The van der Waals surface area contributed by atoms with Gasteiger partial charge >= 0.3 is 0 Å². The molecule has 2 N–H and O–H groups in total. The monoisotopic (exact) mass is 284 g/mol. The van der Waals surface area contributed by atoms with Crippen molar-refractivity contribution in [2.45, 2.75) is 18.9 Å². The summed E-state index contributed by atoms with van der Waals surface area (Å²) in [7, 11) is -1.01. The van der Waals surface area contributed by atoms with Crippen LogP contribution < -0.4 is 5.73 Å². The molecule has 0 heterocycles. The number of sulfone groups is 1. The second kappa shape index (κ2) is 6.50. The van der Waals surface area contributed by atoms with Gasteiger partial charge in [0.25, 0.3) is 0 Å². The maximum Gasteiger partial charge on any atom is 0.148 e. The molecule has 0 amide bonds. The topological polar surface area (TPSA) is 63.4 Å². The number of benzene rings is 1. The van der Waals surface area contributed by atoms with Crippen LogP contribution >= 0.6 is 0 Å². The van der Waals surface area contributed by atoms with E-state index in [1.807, 2.05) is 30.1 Å². The lowest BCUT2D eigenvalue weighted by Gasteiger charge is -2.38. The molecule has 0 saturated heterocycles. The average molecular weight is 284 g/mol. The first-order valence-corrected chi connectivity index (χ1v) is 8.46. The first-order chi connectivity index (χ1) is 8.77. The van der Waals surface area contributed by atoms with Crippen LogP contribution in [0, 0.1) is 0 Å². The van der Waals surface area contributed by atoms with E-state index in [9.17, 15) is 8.42 Å². The highest BCUT2D eigenvalue weighted by molar-refractivity contribution is 7.90. The van der Waals surface area contributed by atoms with Crippen LogP contribution in [0.15, 0.2) is 30.3 Å². The van der Waals surface area contributed by atoms with E-state index in [1.54, 1.807) is 0 Å². The highest BCUT2D eigenvalue weighted by Gasteiger charge is 2.28.